The highest BCUT2D eigenvalue weighted by atomic mass is 16.5. The molecule has 22 heavy (non-hydrogen) atoms. The first kappa shape index (κ1) is 14.6. The van der Waals surface area contributed by atoms with Crippen LogP contribution in [0.5, 0.6) is 5.75 Å². The van der Waals surface area contributed by atoms with Crippen LogP contribution in [-0.4, -0.2) is 35.4 Å². The summed E-state index contributed by atoms with van der Waals surface area (Å²) >= 11 is 0. The van der Waals surface area contributed by atoms with Crippen LogP contribution in [0.15, 0.2) is 36.5 Å². The molecule has 1 aliphatic rings. The van der Waals surface area contributed by atoms with E-state index in [-0.39, 0.29) is 12.5 Å². The molecule has 1 fully saturated rings. The Hall–Kier alpha value is -2.34. The van der Waals surface area contributed by atoms with Gasteiger partial charge in [0.2, 0.25) is 0 Å². The van der Waals surface area contributed by atoms with Crippen molar-refractivity contribution in [2.75, 3.05) is 25.0 Å². The van der Waals surface area contributed by atoms with Crippen LogP contribution in [0, 0.1) is 6.92 Å². The smallest absolute Gasteiger partial charge is 0.263 e. The third kappa shape index (κ3) is 3.65. The molecule has 1 aliphatic heterocycles. The van der Waals surface area contributed by atoms with E-state index < -0.39 is 0 Å². The second-order valence-corrected chi connectivity index (χ2v) is 5.48. The maximum atomic E-state index is 11.9. The predicted molar refractivity (Wildman–Crippen MR) is 84.1 cm³/mol. The van der Waals surface area contributed by atoms with Gasteiger partial charge in [-0.2, -0.15) is 5.10 Å². The van der Waals surface area contributed by atoms with Crippen LogP contribution >= 0.6 is 0 Å². The third-order valence-corrected chi connectivity index (χ3v) is 3.68. The molecular formula is C16H20N4O2. The molecular weight excluding hydrogens is 280 g/mol. The van der Waals surface area contributed by atoms with Gasteiger partial charge in [-0.15, -0.1) is 0 Å². The summed E-state index contributed by atoms with van der Waals surface area (Å²) in [6, 6.07) is 9.78. The number of carbonyl (C=O) groups excluding carboxylic acids is 1. The van der Waals surface area contributed by atoms with Gasteiger partial charge in [0.25, 0.3) is 5.91 Å². The van der Waals surface area contributed by atoms with E-state index in [9.17, 15) is 4.79 Å². The first-order valence-electron chi connectivity index (χ1n) is 7.46. The Balaban J connectivity index is 1.50. The van der Waals surface area contributed by atoms with Crippen molar-refractivity contribution in [3.05, 3.63) is 42.1 Å². The average Bonchev–Trinajstić information content (AvgIpc) is 3.17. The number of hydrogen-bond donors (Lipinski definition) is 2. The molecule has 1 atom stereocenters. The van der Waals surface area contributed by atoms with Gasteiger partial charge in [-0.05, 0) is 32.0 Å². The lowest BCUT2D eigenvalue weighted by Crippen LogP contribution is -2.21. The Kier molecular flexibility index (Phi) is 4.39. The van der Waals surface area contributed by atoms with Gasteiger partial charge in [0.1, 0.15) is 5.75 Å². The van der Waals surface area contributed by atoms with Crippen LogP contribution in [0.25, 0.3) is 0 Å². The van der Waals surface area contributed by atoms with Crippen molar-refractivity contribution < 1.29 is 9.53 Å². The van der Waals surface area contributed by atoms with Crippen molar-refractivity contribution >= 4 is 11.7 Å². The fourth-order valence-electron chi connectivity index (χ4n) is 2.44. The van der Waals surface area contributed by atoms with E-state index in [2.05, 4.69) is 15.7 Å². The van der Waals surface area contributed by atoms with Crippen LogP contribution in [0.4, 0.5) is 5.82 Å². The Morgan fingerprint density at radius 3 is 2.95 bits per heavy atom. The SMILES string of the molecule is Cc1ccc(OCC(=O)Nc2ccn(C3CCNC3)n2)cc1. The van der Waals surface area contributed by atoms with E-state index in [1.54, 1.807) is 0 Å². The van der Waals surface area contributed by atoms with E-state index in [1.807, 2.05) is 48.1 Å². The summed E-state index contributed by atoms with van der Waals surface area (Å²) in [6.07, 6.45) is 2.96. The summed E-state index contributed by atoms with van der Waals surface area (Å²) in [6.45, 7) is 3.91. The number of anilines is 1. The molecule has 1 amide bonds. The minimum absolute atomic E-state index is 0.0269. The van der Waals surface area contributed by atoms with Crippen LogP contribution in [0.3, 0.4) is 0 Å². The quantitative estimate of drug-likeness (QED) is 0.882. The number of rotatable bonds is 5. The van der Waals surface area contributed by atoms with Crippen molar-refractivity contribution in [1.29, 1.82) is 0 Å². The molecule has 0 radical (unpaired) electrons. The molecule has 1 aromatic carbocycles. The molecule has 0 aliphatic carbocycles. The molecule has 0 bridgehead atoms. The highest BCUT2D eigenvalue weighted by Gasteiger charge is 2.17. The fourth-order valence-corrected chi connectivity index (χ4v) is 2.44. The number of carbonyl (C=O) groups is 1. The summed E-state index contributed by atoms with van der Waals surface area (Å²) in [5.41, 5.74) is 1.16. The predicted octanol–water partition coefficient (Wildman–Crippen LogP) is 1.74. The Labute approximate surface area is 129 Å². The molecule has 1 unspecified atom stereocenters. The maximum absolute atomic E-state index is 11.9. The monoisotopic (exact) mass is 300 g/mol. The number of aromatic nitrogens is 2. The zero-order chi connectivity index (χ0) is 15.4. The summed E-state index contributed by atoms with van der Waals surface area (Å²) in [5.74, 6) is 1.03. The topological polar surface area (TPSA) is 68.2 Å². The van der Waals surface area contributed by atoms with Crippen molar-refractivity contribution in [1.82, 2.24) is 15.1 Å². The maximum Gasteiger partial charge on any atom is 0.263 e. The zero-order valence-electron chi connectivity index (χ0n) is 12.6. The molecule has 0 spiro atoms. The van der Waals surface area contributed by atoms with Crippen LogP contribution < -0.4 is 15.4 Å². The normalized spacial score (nSPS) is 17.4. The summed E-state index contributed by atoms with van der Waals surface area (Å²) in [4.78, 5) is 11.9. The molecule has 2 aromatic rings. The largest absolute Gasteiger partial charge is 0.484 e. The van der Waals surface area contributed by atoms with Gasteiger partial charge in [-0.3, -0.25) is 9.48 Å². The van der Waals surface area contributed by atoms with Crippen molar-refractivity contribution in [2.45, 2.75) is 19.4 Å². The molecule has 2 N–H and O–H groups in total. The van der Waals surface area contributed by atoms with E-state index in [4.69, 9.17) is 4.74 Å². The average molecular weight is 300 g/mol. The molecule has 6 nitrogen and oxygen atoms in total. The number of nitrogens with one attached hydrogen (secondary N) is 2. The number of ether oxygens (including phenoxy) is 1. The lowest BCUT2D eigenvalue weighted by molar-refractivity contribution is -0.118. The minimum Gasteiger partial charge on any atom is -0.484 e. The lowest BCUT2D eigenvalue weighted by atomic mass is 10.2. The summed E-state index contributed by atoms with van der Waals surface area (Å²) in [5, 5.41) is 10.4. The molecule has 3 rings (SSSR count). The van der Waals surface area contributed by atoms with Crippen LogP contribution in [-0.2, 0) is 4.79 Å². The molecule has 2 heterocycles. The van der Waals surface area contributed by atoms with E-state index >= 15 is 0 Å². The molecule has 6 heteroatoms. The Morgan fingerprint density at radius 1 is 1.41 bits per heavy atom. The number of nitrogens with zero attached hydrogens (tertiary/aromatic N) is 2. The second kappa shape index (κ2) is 6.62. The van der Waals surface area contributed by atoms with Crippen molar-refractivity contribution in [3.8, 4) is 5.75 Å². The Bertz CT molecular complexity index is 630. The number of hydrogen-bond acceptors (Lipinski definition) is 4. The third-order valence-electron chi connectivity index (χ3n) is 3.68. The van der Waals surface area contributed by atoms with Crippen LogP contribution in [0.2, 0.25) is 0 Å². The lowest BCUT2D eigenvalue weighted by Gasteiger charge is -2.08. The highest BCUT2D eigenvalue weighted by molar-refractivity contribution is 5.90. The fraction of sp³-hybridized carbons (Fsp3) is 0.375. The Morgan fingerprint density at radius 2 is 2.23 bits per heavy atom. The first-order valence-corrected chi connectivity index (χ1v) is 7.46. The van der Waals surface area contributed by atoms with Gasteiger partial charge in [0.05, 0.1) is 6.04 Å². The summed E-state index contributed by atoms with van der Waals surface area (Å²) < 4.78 is 7.34. The second-order valence-electron chi connectivity index (χ2n) is 5.48. The van der Waals surface area contributed by atoms with E-state index in [1.165, 1.54) is 0 Å². The number of benzene rings is 1. The van der Waals surface area contributed by atoms with Gasteiger partial charge in [0, 0.05) is 18.8 Å². The zero-order valence-corrected chi connectivity index (χ0v) is 12.6. The minimum atomic E-state index is -0.213. The van der Waals surface area contributed by atoms with Gasteiger partial charge >= 0.3 is 0 Å². The van der Waals surface area contributed by atoms with Gasteiger partial charge in [-0.25, -0.2) is 0 Å². The molecule has 1 aromatic heterocycles. The number of aryl methyl sites for hydroxylation is 1. The van der Waals surface area contributed by atoms with Crippen molar-refractivity contribution in [2.24, 2.45) is 0 Å². The van der Waals surface area contributed by atoms with E-state index in [0.29, 0.717) is 17.6 Å². The standard InChI is InChI=1S/C16H20N4O2/c1-12-2-4-14(5-3-12)22-11-16(21)18-15-7-9-20(19-15)13-6-8-17-10-13/h2-5,7,9,13,17H,6,8,10-11H2,1H3,(H,18,19,21). The van der Waals surface area contributed by atoms with Crippen LogP contribution in [0.1, 0.15) is 18.0 Å². The van der Waals surface area contributed by atoms with Crippen molar-refractivity contribution in [3.63, 3.8) is 0 Å². The highest BCUT2D eigenvalue weighted by Crippen LogP contribution is 2.16. The molecule has 0 saturated carbocycles. The number of amides is 1. The van der Waals surface area contributed by atoms with Gasteiger partial charge in [-0.1, -0.05) is 17.7 Å². The molecule has 1 saturated heterocycles. The van der Waals surface area contributed by atoms with E-state index in [0.717, 1.165) is 25.1 Å². The molecule has 116 valence electrons. The van der Waals surface area contributed by atoms with Gasteiger partial charge < -0.3 is 15.4 Å². The first-order chi connectivity index (χ1) is 10.7. The van der Waals surface area contributed by atoms with Gasteiger partial charge in [0.15, 0.2) is 12.4 Å². The summed E-state index contributed by atoms with van der Waals surface area (Å²) in [7, 11) is 0.